The molecule has 7 rings (SSSR count). The zero-order valence-corrected chi connectivity index (χ0v) is 58.8. The highest BCUT2D eigenvalue weighted by atomic mass is 35.6. The number of carboxylic acid groups (broad SMARTS) is 1. The highest BCUT2D eigenvalue weighted by Gasteiger charge is 2.63. The van der Waals surface area contributed by atoms with Gasteiger partial charge in [0.25, 0.3) is 5.79 Å². The molecule has 1 amide bonds. The van der Waals surface area contributed by atoms with E-state index in [1.54, 1.807) is 79.8 Å². The lowest BCUT2D eigenvalue weighted by atomic mass is 9.87. The van der Waals surface area contributed by atoms with E-state index in [0.717, 1.165) is 46.4 Å². The first-order valence-corrected chi connectivity index (χ1v) is 33.2. The molecule has 0 unspecified atom stereocenters. The number of esters is 5. The largest absolute Gasteiger partial charge is 0.477 e. The van der Waals surface area contributed by atoms with Crippen LogP contribution in [0.1, 0.15) is 59.1 Å². The normalized spacial score (nSPS) is 30.9. The number of likely N-dealkylation sites (N-methyl/N-ethyl adjacent to an activating group) is 1. The van der Waals surface area contributed by atoms with Crippen LogP contribution in [0.4, 0.5) is 4.79 Å². The van der Waals surface area contributed by atoms with Crippen molar-refractivity contribution in [3.8, 4) is 0 Å². The number of alkyl carbamates (subject to hydrolysis) is 1. The lowest BCUT2D eigenvalue weighted by Crippen LogP contribution is -2.72. The number of hydrogen-bond acceptors (Lipinski definition) is 28. The van der Waals surface area contributed by atoms with E-state index in [1.165, 1.54) is 35.4 Å². The van der Waals surface area contributed by atoms with Crippen molar-refractivity contribution in [3.63, 3.8) is 0 Å². The van der Waals surface area contributed by atoms with E-state index < -0.39 is 199 Å². The Hall–Kier alpha value is -5.59. The van der Waals surface area contributed by atoms with E-state index in [2.05, 4.69) is 10.6 Å². The summed E-state index contributed by atoms with van der Waals surface area (Å²) < 4.78 is 118. The highest BCUT2D eigenvalue weighted by molar-refractivity contribution is 7.99. The van der Waals surface area contributed by atoms with Gasteiger partial charge in [-0.1, -0.05) is 125 Å². The van der Waals surface area contributed by atoms with Crippen molar-refractivity contribution in [1.29, 1.82) is 0 Å². The van der Waals surface area contributed by atoms with Gasteiger partial charge in [0.1, 0.15) is 73.6 Å². The number of nitrogens with one attached hydrogen (secondary N) is 2. The van der Waals surface area contributed by atoms with Gasteiger partial charge in [-0.3, -0.25) is 24.0 Å². The summed E-state index contributed by atoms with van der Waals surface area (Å²) in [6.07, 6.45) is -28.5. The second-order valence-electron chi connectivity index (χ2n) is 23.1. The van der Waals surface area contributed by atoms with E-state index in [4.69, 9.17) is 125 Å². The molecule has 0 aromatic heterocycles. The highest BCUT2D eigenvalue weighted by Crippen LogP contribution is 2.44. The number of ether oxygens (including phenoxy) is 19. The number of carbonyl (C=O) groups is 7. The van der Waals surface area contributed by atoms with E-state index in [1.807, 2.05) is 18.2 Å². The Balaban J connectivity index is 1.49. The Kier molecular flexibility index (Phi) is 30.8. The maximum absolute atomic E-state index is 14.5. The van der Waals surface area contributed by atoms with Crippen molar-refractivity contribution in [1.82, 2.24) is 10.6 Å². The molecule has 98 heavy (non-hydrogen) atoms. The minimum absolute atomic E-state index is 0.0448. The molecule has 0 aliphatic carbocycles. The van der Waals surface area contributed by atoms with Crippen LogP contribution < -0.4 is 10.6 Å². The number of benzene rings is 3. The Morgan fingerprint density at radius 2 is 1.19 bits per heavy atom. The van der Waals surface area contributed by atoms with Crippen LogP contribution in [0.5, 0.6) is 0 Å². The van der Waals surface area contributed by atoms with Gasteiger partial charge in [0.2, 0.25) is 3.79 Å². The van der Waals surface area contributed by atoms with Gasteiger partial charge in [-0.15, -0.1) is 0 Å². The zero-order chi connectivity index (χ0) is 71.4. The average Bonchev–Trinajstić information content (AvgIpc) is 0.752. The van der Waals surface area contributed by atoms with Gasteiger partial charge in [-0.2, -0.15) is 0 Å². The van der Waals surface area contributed by atoms with Crippen molar-refractivity contribution in [2.45, 2.75) is 197 Å². The summed E-state index contributed by atoms with van der Waals surface area (Å²) in [5.41, 5.74) is 0.0313. The molecular weight excluding hydrogens is 1380 g/mol. The molecular formula is C65H85Cl3N2O27S. The minimum atomic E-state index is -2.89. The predicted molar refractivity (Wildman–Crippen MR) is 344 cm³/mol. The Labute approximate surface area is 586 Å². The molecule has 3 aromatic carbocycles. The molecule has 0 saturated carbocycles. The molecule has 33 heteroatoms. The quantitative estimate of drug-likeness (QED) is 0.0392. The zero-order valence-electron chi connectivity index (χ0n) is 55.8. The first-order chi connectivity index (χ1) is 46.7. The van der Waals surface area contributed by atoms with Gasteiger partial charge in [-0.25, -0.2) is 9.59 Å². The third kappa shape index (κ3) is 22.2. The molecule has 4 aliphatic heterocycles. The molecule has 29 nitrogen and oxygen atoms in total. The van der Waals surface area contributed by atoms with E-state index in [-0.39, 0.29) is 19.8 Å². The molecule has 0 radical (unpaired) electrons. The number of alkyl halides is 3. The summed E-state index contributed by atoms with van der Waals surface area (Å²) >= 11 is 19.5. The second kappa shape index (κ2) is 37.9. The molecule has 0 bridgehead atoms. The summed E-state index contributed by atoms with van der Waals surface area (Å²) in [5, 5.41) is 17.6. The first-order valence-electron chi connectivity index (χ1n) is 31.1. The topological polar surface area (TPSA) is 339 Å². The van der Waals surface area contributed by atoms with Crippen LogP contribution in [0.15, 0.2) is 95.9 Å². The molecule has 3 N–H and O–H groups in total. The monoisotopic (exact) mass is 1460 g/mol. The van der Waals surface area contributed by atoms with Gasteiger partial charge in [0.15, 0.2) is 37.0 Å². The maximum atomic E-state index is 14.5. The van der Waals surface area contributed by atoms with E-state index in [9.17, 15) is 38.7 Å². The fraction of sp³-hybridized carbons (Fsp3) is 0.615. The smallest absolute Gasteiger partial charge is 0.407 e. The Morgan fingerprint density at radius 3 is 1.74 bits per heavy atom. The Morgan fingerprint density at radius 1 is 0.633 bits per heavy atom. The third-order valence-electron chi connectivity index (χ3n) is 16.0. The van der Waals surface area contributed by atoms with Gasteiger partial charge in [0.05, 0.1) is 50.7 Å². The van der Waals surface area contributed by atoms with Crippen LogP contribution >= 0.6 is 46.6 Å². The molecule has 544 valence electrons. The average molecular weight is 1460 g/mol. The van der Waals surface area contributed by atoms with E-state index in [0.29, 0.717) is 16.0 Å². The van der Waals surface area contributed by atoms with E-state index >= 15 is 0 Å². The van der Waals surface area contributed by atoms with Crippen molar-refractivity contribution in [3.05, 3.63) is 102 Å². The number of hydrogen-bond donors (Lipinski definition) is 3. The lowest BCUT2D eigenvalue weighted by Gasteiger charge is -2.53. The van der Waals surface area contributed by atoms with Crippen LogP contribution in [0.2, 0.25) is 0 Å². The number of methoxy groups -OCH3 is 4. The Bertz CT molecular complexity index is 3040. The van der Waals surface area contributed by atoms with Crippen LogP contribution in [0.25, 0.3) is 0 Å². The van der Waals surface area contributed by atoms with Gasteiger partial charge in [-0.05, 0) is 37.2 Å². The van der Waals surface area contributed by atoms with Gasteiger partial charge >= 0.3 is 41.9 Å². The van der Waals surface area contributed by atoms with Crippen LogP contribution in [0.3, 0.4) is 0 Å². The summed E-state index contributed by atoms with van der Waals surface area (Å²) in [6, 6.07) is 24.2. The van der Waals surface area contributed by atoms with Crippen LogP contribution in [-0.2, 0) is 132 Å². The van der Waals surface area contributed by atoms with Crippen molar-refractivity contribution in [2.75, 3.05) is 61.9 Å². The first kappa shape index (κ1) is 79.7. The summed E-state index contributed by atoms with van der Waals surface area (Å²) in [6.45, 7) is 4.61. The molecule has 0 spiro atoms. The van der Waals surface area contributed by atoms with Crippen molar-refractivity contribution in [2.24, 2.45) is 0 Å². The third-order valence-corrected chi connectivity index (χ3v) is 17.5. The summed E-state index contributed by atoms with van der Waals surface area (Å²) in [5.74, 6) is -9.19. The maximum Gasteiger partial charge on any atom is 0.407 e. The van der Waals surface area contributed by atoms with Crippen LogP contribution in [-0.4, -0.2) is 240 Å². The number of halogens is 3. The van der Waals surface area contributed by atoms with Crippen molar-refractivity contribution >= 4 is 88.5 Å². The van der Waals surface area contributed by atoms with Crippen LogP contribution in [0, 0.1) is 0 Å². The molecule has 4 aliphatic rings. The number of carboxylic acids is 1. The summed E-state index contributed by atoms with van der Waals surface area (Å²) in [7, 11) is 7.05. The minimum Gasteiger partial charge on any atom is -0.477 e. The number of thioether (sulfide) groups is 1. The second-order valence-corrected chi connectivity index (χ2v) is 26.8. The summed E-state index contributed by atoms with van der Waals surface area (Å²) in [4.78, 5) is 96.0. The molecule has 21 atom stereocenters. The fourth-order valence-corrected chi connectivity index (χ4v) is 13.1. The predicted octanol–water partition coefficient (Wildman–Crippen LogP) is 5.54. The number of rotatable bonds is 32. The standard InChI is InChI=1S/C65H85Cl3N2O27S/c1-34-49(88-36(3)72)55(90-38(5)74)57(85-29-41-23-17-13-18-24-41)59(87-34)95-53-48(70-63(78)86-33-65(66,67)68)61(98-42-25-19-14-20-26-42)93-45(31-83-28-40-21-15-12-16-22-40)51(53)94-60-58(91-39(6)75)56(52(89-37(4)73)46(92-60)32-84-35(2)71)97-64(62(76)77)27-43(80-9)47(69-7)54(96-64)50(82-11)44(81-10)30-79-8/h12-26,34,43-61,69H,27-33H2,1-11H3,(H,70,78)(H,76,77)/t34-,43-,44+,45+,46+,47+,48+,49+,50+,51+,52-,53+,54+,55+,56-,57-,58+,59-,60-,61-,64-/m0/s1. The van der Waals surface area contributed by atoms with Gasteiger partial charge < -0.3 is 106 Å². The number of carbonyl (C=O) groups excluding carboxylic acids is 6. The fourth-order valence-electron chi connectivity index (χ4n) is 11.8. The number of aliphatic carboxylic acids is 1. The molecule has 4 heterocycles. The van der Waals surface area contributed by atoms with Crippen molar-refractivity contribution < 1.29 is 129 Å². The number of amides is 1. The molecule has 4 fully saturated rings. The molecule has 3 aromatic rings. The molecule has 4 saturated heterocycles. The lowest BCUT2D eigenvalue weighted by molar-refractivity contribution is -0.386. The SMILES string of the molecule is CN[C@H]1[C@H]([C@H](OC)[C@@H](COC)OC)O[C@@](O[C@H]2[C@@H](OC(C)=O)[C@@H](COC(C)=O)O[C@@H](O[C@H]3[C@H](O[C@@H]4O[C@@H](C)[C@@H](OC(C)=O)[C@@H](OC(C)=O)[C@@H]4OCc4ccccc4)[C@@H](NC(=O)OCC(Cl)(Cl)Cl)[C@H](Sc4ccccc4)O[C@@H]3COCc3ccccc3)[C@@H]2OC(C)=O)(C(=O)O)C[C@@H]1OC. The van der Waals surface area contributed by atoms with Gasteiger partial charge in [0, 0.05) is 74.4 Å².